The molecular formula is C21H33NO8S. The zero-order chi connectivity index (χ0) is 23.0. The lowest BCUT2D eigenvalue weighted by atomic mass is 10.00. The summed E-state index contributed by atoms with van der Waals surface area (Å²) < 4.78 is 11.3. The fourth-order valence-electron chi connectivity index (χ4n) is 3.15. The Morgan fingerprint density at radius 3 is 2.45 bits per heavy atom. The van der Waals surface area contributed by atoms with E-state index in [1.54, 1.807) is 0 Å². The van der Waals surface area contributed by atoms with E-state index in [0.29, 0.717) is 12.2 Å². The quantitative estimate of drug-likeness (QED) is 0.244. The molecule has 0 aromatic heterocycles. The lowest BCUT2D eigenvalue weighted by molar-refractivity contribution is -0.294. The fourth-order valence-corrected chi connectivity index (χ4v) is 4.14. The number of rotatable bonds is 11. The number of carbonyl (C=O) groups excluding carboxylic acids is 1. The van der Waals surface area contributed by atoms with E-state index in [0.717, 1.165) is 4.90 Å². The van der Waals surface area contributed by atoms with E-state index in [1.807, 2.05) is 37.3 Å². The zero-order valence-electron chi connectivity index (χ0n) is 17.7. The van der Waals surface area contributed by atoms with Gasteiger partial charge in [0.25, 0.3) is 0 Å². The summed E-state index contributed by atoms with van der Waals surface area (Å²) in [6, 6.07) is 8.50. The third-order valence-corrected chi connectivity index (χ3v) is 6.10. The molecule has 6 N–H and O–H groups in total. The van der Waals surface area contributed by atoms with Gasteiger partial charge in [-0.15, -0.1) is 11.8 Å². The number of amides is 1. The number of aliphatic hydroxyl groups excluding tert-OH is 5. The predicted octanol–water partition coefficient (Wildman–Crippen LogP) is -0.370. The summed E-state index contributed by atoms with van der Waals surface area (Å²) in [6.45, 7) is 2.94. The average molecular weight is 460 g/mol. The summed E-state index contributed by atoms with van der Waals surface area (Å²) in [4.78, 5) is 12.9. The predicted molar refractivity (Wildman–Crippen MR) is 114 cm³/mol. The second-order valence-electron chi connectivity index (χ2n) is 7.63. The van der Waals surface area contributed by atoms with Crippen LogP contribution in [0.15, 0.2) is 35.2 Å². The molecule has 2 rings (SSSR count). The Hall–Kier alpha value is -1.24. The summed E-state index contributed by atoms with van der Waals surface area (Å²) in [7, 11) is 0. The van der Waals surface area contributed by atoms with Crippen molar-refractivity contribution in [2.45, 2.75) is 80.5 Å². The van der Waals surface area contributed by atoms with Gasteiger partial charge in [0.05, 0.1) is 24.9 Å². The first-order chi connectivity index (χ1) is 14.7. The van der Waals surface area contributed by atoms with Gasteiger partial charge in [-0.05, 0) is 25.5 Å². The van der Waals surface area contributed by atoms with E-state index in [2.05, 4.69) is 5.32 Å². The van der Waals surface area contributed by atoms with E-state index in [-0.39, 0.29) is 18.9 Å². The highest BCUT2D eigenvalue weighted by atomic mass is 32.2. The molecule has 8 atom stereocenters. The molecule has 31 heavy (non-hydrogen) atoms. The van der Waals surface area contributed by atoms with E-state index < -0.39 is 49.0 Å². The Balaban J connectivity index is 2.00. The molecule has 1 aliphatic rings. The van der Waals surface area contributed by atoms with Gasteiger partial charge in [0, 0.05) is 17.1 Å². The molecule has 10 heteroatoms. The van der Waals surface area contributed by atoms with Crippen molar-refractivity contribution in [3.8, 4) is 0 Å². The van der Waals surface area contributed by atoms with Crippen molar-refractivity contribution < 1.29 is 39.8 Å². The van der Waals surface area contributed by atoms with Gasteiger partial charge >= 0.3 is 0 Å². The van der Waals surface area contributed by atoms with Crippen LogP contribution in [-0.2, 0) is 14.3 Å². The minimum atomic E-state index is -1.52. The molecule has 1 aromatic rings. The summed E-state index contributed by atoms with van der Waals surface area (Å²) in [6.07, 6.45) is -8.01. The van der Waals surface area contributed by atoms with Crippen LogP contribution in [-0.4, -0.2) is 92.8 Å². The molecule has 1 amide bonds. The molecular weight excluding hydrogens is 426 g/mol. The van der Waals surface area contributed by atoms with E-state index >= 15 is 0 Å². The summed E-state index contributed by atoms with van der Waals surface area (Å²) >= 11 is 1.42. The van der Waals surface area contributed by atoms with Gasteiger partial charge in [-0.2, -0.15) is 0 Å². The largest absolute Gasteiger partial charge is 0.391 e. The zero-order valence-corrected chi connectivity index (χ0v) is 18.5. The number of hydrogen-bond donors (Lipinski definition) is 6. The SMILES string of the molecule is CCCC(=O)N[C@@H](COC1OC(CSc2ccccc2)C(O)C(O)C1O)[C@H](O)[C@@H](C)O. The van der Waals surface area contributed by atoms with Gasteiger partial charge < -0.3 is 40.3 Å². The first-order valence-corrected chi connectivity index (χ1v) is 11.4. The topological polar surface area (TPSA) is 149 Å². The summed E-state index contributed by atoms with van der Waals surface area (Å²) in [5.41, 5.74) is 0. The van der Waals surface area contributed by atoms with Crippen molar-refractivity contribution in [2.24, 2.45) is 0 Å². The number of aliphatic hydroxyl groups is 5. The van der Waals surface area contributed by atoms with Crippen molar-refractivity contribution in [1.82, 2.24) is 5.32 Å². The third-order valence-electron chi connectivity index (χ3n) is 5.00. The van der Waals surface area contributed by atoms with Crippen LogP contribution >= 0.6 is 11.8 Å². The Labute approximate surface area is 186 Å². The lowest BCUT2D eigenvalue weighted by Gasteiger charge is -2.41. The van der Waals surface area contributed by atoms with Crippen molar-refractivity contribution in [2.75, 3.05) is 12.4 Å². The first kappa shape index (κ1) is 26.0. The Morgan fingerprint density at radius 1 is 1.16 bits per heavy atom. The molecule has 1 saturated heterocycles. The second-order valence-corrected chi connectivity index (χ2v) is 8.72. The maximum Gasteiger partial charge on any atom is 0.220 e. The third kappa shape index (κ3) is 7.69. The van der Waals surface area contributed by atoms with Crippen LogP contribution in [0.4, 0.5) is 0 Å². The van der Waals surface area contributed by atoms with E-state index in [9.17, 15) is 30.3 Å². The fraction of sp³-hybridized carbons (Fsp3) is 0.667. The molecule has 1 heterocycles. The summed E-state index contributed by atoms with van der Waals surface area (Å²) in [5, 5.41) is 53.3. The highest BCUT2D eigenvalue weighted by molar-refractivity contribution is 7.99. The maximum atomic E-state index is 11.9. The van der Waals surface area contributed by atoms with Crippen molar-refractivity contribution in [3.63, 3.8) is 0 Å². The van der Waals surface area contributed by atoms with Crippen LogP contribution < -0.4 is 5.32 Å². The second kappa shape index (κ2) is 12.7. The van der Waals surface area contributed by atoms with Crippen molar-refractivity contribution in [1.29, 1.82) is 0 Å². The molecule has 1 aliphatic heterocycles. The van der Waals surface area contributed by atoms with Gasteiger partial charge in [0.15, 0.2) is 6.29 Å². The molecule has 0 spiro atoms. The average Bonchev–Trinajstić information content (AvgIpc) is 2.75. The normalized spacial score (nSPS) is 29.2. The van der Waals surface area contributed by atoms with Gasteiger partial charge in [0.1, 0.15) is 24.4 Å². The molecule has 0 radical (unpaired) electrons. The number of carbonyl (C=O) groups is 1. The number of thioether (sulfide) groups is 1. The molecule has 0 aliphatic carbocycles. The van der Waals surface area contributed by atoms with Gasteiger partial charge in [0.2, 0.25) is 5.91 Å². The number of hydrogen-bond acceptors (Lipinski definition) is 9. The van der Waals surface area contributed by atoms with Gasteiger partial charge in [-0.25, -0.2) is 0 Å². The first-order valence-electron chi connectivity index (χ1n) is 10.4. The van der Waals surface area contributed by atoms with Crippen LogP contribution in [0.3, 0.4) is 0 Å². The molecule has 1 aromatic carbocycles. The Bertz CT molecular complexity index is 664. The molecule has 9 nitrogen and oxygen atoms in total. The number of ether oxygens (including phenoxy) is 2. The Morgan fingerprint density at radius 2 is 1.84 bits per heavy atom. The highest BCUT2D eigenvalue weighted by Crippen LogP contribution is 2.27. The number of benzene rings is 1. The molecule has 5 unspecified atom stereocenters. The minimum Gasteiger partial charge on any atom is -0.391 e. The smallest absolute Gasteiger partial charge is 0.220 e. The van der Waals surface area contributed by atoms with Gasteiger partial charge in [-0.3, -0.25) is 4.79 Å². The van der Waals surface area contributed by atoms with Crippen LogP contribution in [0.5, 0.6) is 0 Å². The van der Waals surface area contributed by atoms with Crippen molar-refractivity contribution in [3.05, 3.63) is 30.3 Å². The lowest BCUT2D eigenvalue weighted by Crippen LogP contribution is -2.60. The molecule has 176 valence electrons. The van der Waals surface area contributed by atoms with Crippen LogP contribution in [0.25, 0.3) is 0 Å². The number of nitrogens with one attached hydrogen (secondary N) is 1. The van der Waals surface area contributed by atoms with E-state index in [1.165, 1.54) is 18.7 Å². The van der Waals surface area contributed by atoms with Crippen LogP contribution in [0.2, 0.25) is 0 Å². The monoisotopic (exact) mass is 459 g/mol. The minimum absolute atomic E-state index is 0.245. The van der Waals surface area contributed by atoms with Crippen molar-refractivity contribution >= 4 is 17.7 Å². The van der Waals surface area contributed by atoms with Crippen LogP contribution in [0, 0.1) is 0 Å². The molecule has 1 fully saturated rings. The standard InChI is InChI=1S/C21H33NO8S/c1-3-7-16(24)22-14(17(25)12(2)23)10-29-21-20(28)19(27)18(26)15(30-21)11-31-13-8-5-4-6-9-13/h4-6,8-9,12,14-15,17-21,23,25-28H,3,7,10-11H2,1-2H3,(H,22,24)/t12-,14+,15?,17-,18?,19?,20?,21?/m1/s1. The molecule has 0 bridgehead atoms. The van der Waals surface area contributed by atoms with Crippen LogP contribution in [0.1, 0.15) is 26.7 Å². The van der Waals surface area contributed by atoms with Gasteiger partial charge in [-0.1, -0.05) is 25.1 Å². The highest BCUT2D eigenvalue weighted by Gasteiger charge is 2.44. The molecule has 0 saturated carbocycles. The Kier molecular flexibility index (Phi) is 10.7. The summed E-state index contributed by atoms with van der Waals surface area (Å²) in [5.74, 6) is -0.00424. The van der Waals surface area contributed by atoms with E-state index in [4.69, 9.17) is 9.47 Å². The maximum absolute atomic E-state index is 11.9.